The van der Waals surface area contributed by atoms with Gasteiger partial charge in [-0.2, -0.15) is 0 Å². The molecule has 5 nitrogen and oxygen atoms in total. The Morgan fingerprint density at radius 2 is 1.88 bits per heavy atom. The van der Waals surface area contributed by atoms with Crippen molar-refractivity contribution in [2.75, 3.05) is 7.05 Å². The Kier molecular flexibility index (Phi) is 4.67. The molecule has 0 N–H and O–H groups in total. The summed E-state index contributed by atoms with van der Waals surface area (Å²) in [6, 6.07) is 9.92. The van der Waals surface area contributed by atoms with Crippen molar-refractivity contribution in [3.63, 3.8) is 0 Å². The van der Waals surface area contributed by atoms with Crippen molar-refractivity contribution >= 4 is 17.2 Å². The molecule has 0 radical (unpaired) electrons. The minimum absolute atomic E-state index is 0.0655. The largest absolute Gasteiger partial charge is 0.331 e. The van der Waals surface area contributed by atoms with Crippen molar-refractivity contribution in [3.05, 3.63) is 63.6 Å². The fourth-order valence-corrected chi connectivity index (χ4v) is 3.48. The molecule has 2 heterocycles. The van der Waals surface area contributed by atoms with Crippen LogP contribution < -0.4 is 0 Å². The lowest BCUT2D eigenvalue weighted by Gasteiger charge is -2.22. The van der Waals surface area contributed by atoms with E-state index in [0.29, 0.717) is 11.5 Å². The van der Waals surface area contributed by atoms with E-state index in [0.717, 1.165) is 4.88 Å². The zero-order valence-electron chi connectivity index (χ0n) is 14.5. The molecule has 3 rings (SSSR count). The van der Waals surface area contributed by atoms with E-state index in [1.54, 1.807) is 47.0 Å². The topological polar surface area (TPSA) is 51.0 Å². The maximum absolute atomic E-state index is 13.1. The highest BCUT2D eigenvalue weighted by Gasteiger charge is 2.24. The van der Waals surface area contributed by atoms with Gasteiger partial charge in [0.1, 0.15) is 11.6 Å². The Morgan fingerprint density at radius 1 is 1.20 bits per heavy atom. The van der Waals surface area contributed by atoms with Crippen molar-refractivity contribution in [1.82, 2.24) is 19.7 Å². The van der Waals surface area contributed by atoms with Gasteiger partial charge in [-0.3, -0.25) is 4.79 Å². The van der Waals surface area contributed by atoms with Gasteiger partial charge in [-0.25, -0.2) is 14.1 Å². The number of carbonyl (C=O) groups is 1. The molecule has 7 heteroatoms. The van der Waals surface area contributed by atoms with Gasteiger partial charge in [0.2, 0.25) is 5.82 Å². The van der Waals surface area contributed by atoms with Gasteiger partial charge in [0.25, 0.3) is 5.91 Å². The molecule has 0 bridgehead atoms. The molecule has 0 spiro atoms. The first-order valence-electron chi connectivity index (χ1n) is 7.90. The van der Waals surface area contributed by atoms with Crippen LogP contribution >= 0.6 is 11.3 Å². The monoisotopic (exact) mass is 358 g/mol. The summed E-state index contributed by atoms with van der Waals surface area (Å²) in [5.41, 5.74) is 0.662. The zero-order chi connectivity index (χ0) is 18.1. The first-order chi connectivity index (χ1) is 11.9. The maximum atomic E-state index is 13.1. The SMILES string of the molecule is Cc1ccc([C@H](C)N(C)C(=O)c2nc(C)n(-c3ccc(F)cc3)n2)s1. The molecule has 2 aromatic heterocycles. The number of hydrogen-bond acceptors (Lipinski definition) is 4. The number of nitrogens with zero attached hydrogens (tertiary/aromatic N) is 4. The summed E-state index contributed by atoms with van der Waals surface area (Å²) < 4.78 is 14.6. The number of thiophene rings is 1. The number of carbonyl (C=O) groups excluding carboxylic acids is 1. The molecule has 3 aromatic rings. The molecular formula is C18H19FN4OS. The van der Waals surface area contributed by atoms with Crippen molar-refractivity contribution < 1.29 is 9.18 Å². The van der Waals surface area contributed by atoms with Crippen molar-refractivity contribution in [2.45, 2.75) is 26.8 Å². The molecule has 1 atom stereocenters. The van der Waals surface area contributed by atoms with E-state index >= 15 is 0 Å². The number of halogens is 1. The molecule has 130 valence electrons. The zero-order valence-corrected chi connectivity index (χ0v) is 15.3. The summed E-state index contributed by atoms with van der Waals surface area (Å²) in [7, 11) is 1.75. The Balaban J connectivity index is 1.85. The van der Waals surface area contributed by atoms with Gasteiger partial charge in [-0.05, 0) is 57.2 Å². The van der Waals surface area contributed by atoms with Crippen LogP contribution in [0.1, 0.15) is 39.2 Å². The van der Waals surface area contributed by atoms with E-state index in [1.165, 1.54) is 17.0 Å². The lowest BCUT2D eigenvalue weighted by atomic mass is 10.2. The first-order valence-corrected chi connectivity index (χ1v) is 8.71. The summed E-state index contributed by atoms with van der Waals surface area (Å²) in [5, 5.41) is 4.31. The third-order valence-electron chi connectivity index (χ3n) is 4.11. The third kappa shape index (κ3) is 3.46. The molecule has 0 fully saturated rings. The lowest BCUT2D eigenvalue weighted by Crippen LogP contribution is -2.30. The van der Waals surface area contributed by atoms with Crippen LogP contribution in [0.2, 0.25) is 0 Å². The number of aromatic nitrogens is 3. The highest BCUT2D eigenvalue weighted by Crippen LogP contribution is 2.27. The van der Waals surface area contributed by atoms with Gasteiger partial charge in [0.05, 0.1) is 11.7 Å². The number of rotatable bonds is 4. The second kappa shape index (κ2) is 6.76. The molecule has 0 saturated heterocycles. The third-order valence-corrected chi connectivity index (χ3v) is 5.28. The van der Waals surface area contributed by atoms with E-state index in [1.807, 2.05) is 26.0 Å². The Hall–Kier alpha value is -2.54. The smallest absolute Gasteiger partial charge is 0.293 e. The van der Waals surface area contributed by atoms with Gasteiger partial charge in [0.15, 0.2) is 0 Å². The van der Waals surface area contributed by atoms with Gasteiger partial charge in [-0.15, -0.1) is 16.4 Å². The van der Waals surface area contributed by atoms with Crippen LogP contribution in [0.4, 0.5) is 4.39 Å². The van der Waals surface area contributed by atoms with E-state index < -0.39 is 0 Å². The fourth-order valence-electron chi connectivity index (χ4n) is 2.51. The van der Waals surface area contributed by atoms with Gasteiger partial charge < -0.3 is 4.90 Å². The standard InChI is InChI=1S/C18H19FN4OS/c1-11-5-10-16(25-11)12(2)22(4)18(24)17-20-13(3)23(21-17)15-8-6-14(19)7-9-15/h5-10,12H,1-4H3/t12-/m0/s1. The van der Waals surface area contributed by atoms with E-state index in [9.17, 15) is 9.18 Å². The molecule has 1 amide bonds. The summed E-state index contributed by atoms with van der Waals surface area (Å²) in [6.07, 6.45) is 0. The number of hydrogen-bond donors (Lipinski definition) is 0. The quantitative estimate of drug-likeness (QED) is 0.710. The van der Waals surface area contributed by atoms with E-state index in [4.69, 9.17) is 0 Å². The lowest BCUT2D eigenvalue weighted by molar-refractivity contribution is 0.0732. The molecule has 0 aliphatic rings. The average molecular weight is 358 g/mol. The Morgan fingerprint density at radius 3 is 2.48 bits per heavy atom. The van der Waals surface area contributed by atoms with Crippen LogP contribution in [0.25, 0.3) is 5.69 Å². The van der Waals surface area contributed by atoms with E-state index in [-0.39, 0.29) is 23.6 Å². The fraction of sp³-hybridized carbons (Fsp3) is 0.278. The van der Waals surface area contributed by atoms with Gasteiger partial charge >= 0.3 is 0 Å². The highest BCUT2D eigenvalue weighted by atomic mass is 32.1. The first kappa shape index (κ1) is 17.3. The molecule has 25 heavy (non-hydrogen) atoms. The van der Waals surface area contributed by atoms with Gasteiger partial charge in [0, 0.05) is 16.8 Å². The molecule has 0 aliphatic heterocycles. The molecule has 1 aromatic carbocycles. The van der Waals surface area contributed by atoms with E-state index in [2.05, 4.69) is 10.1 Å². The number of aryl methyl sites for hydroxylation is 2. The minimum Gasteiger partial charge on any atom is -0.331 e. The van der Waals surface area contributed by atoms with Crippen molar-refractivity contribution in [1.29, 1.82) is 0 Å². The Bertz CT molecular complexity index is 900. The Labute approximate surface area is 149 Å². The predicted octanol–water partition coefficient (Wildman–Crippen LogP) is 3.92. The summed E-state index contributed by atoms with van der Waals surface area (Å²) >= 11 is 1.67. The second-order valence-electron chi connectivity index (χ2n) is 5.91. The average Bonchev–Trinajstić information content (AvgIpc) is 3.19. The summed E-state index contributed by atoms with van der Waals surface area (Å²) in [5.74, 6) is 0.132. The van der Waals surface area contributed by atoms with Crippen LogP contribution in [0, 0.1) is 19.7 Å². The highest BCUT2D eigenvalue weighted by molar-refractivity contribution is 7.12. The summed E-state index contributed by atoms with van der Waals surface area (Å²) in [4.78, 5) is 21.0. The molecular weight excluding hydrogens is 339 g/mol. The van der Waals surface area contributed by atoms with Crippen LogP contribution in [0.15, 0.2) is 36.4 Å². The van der Waals surface area contributed by atoms with Crippen molar-refractivity contribution in [3.8, 4) is 5.69 Å². The number of benzene rings is 1. The minimum atomic E-state index is -0.322. The van der Waals surface area contributed by atoms with Crippen molar-refractivity contribution in [2.24, 2.45) is 0 Å². The molecule has 0 unspecified atom stereocenters. The second-order valence-corrected chi connectivity index (χ2v) is 7.23. The summed E-state index contributed by atoms with van der Waals surface area (Å²) in [6.45, 7) is 5.78. The maximum Gasteiger partial charge on any atom is 0.293 e. The van der Waals surface area contributed by atoms with Crippen LogP contribution in [-0.2, 0) is 0 Å². The van der Waals surface area contributed by atoms with Crippen LogP contribution in [0.5, 0.6) is 0 Å². The molecule has 0 aliphatic carbocycles. The number of amides is 1. The van der Waals surface area contributed by atoms with Crippen LogP contribution in [-0.4, -0.2) is 32.6 Å². The van der Waals surface area contributed by atoms with Gasteiger partial charge in [-0.1, -0.05) is 0 Å². The molecule has 0 saturated carbocycles. The normalized spacial score (nSPS) is 12.2. The van der Waals surface area contributed by atoms with Crippen LogP contribution in [0.3, 0.4) is 0 Å². The predicted molar refractivity (Wildman–Crippen MR) is 95.6 cm³/mol.